The van der Waals surface area contributed by atoms with E-state index >= 15 is 0 Å². The molecule has 0 spiro atoms. The minimum Gasteiger partial charge on any atom is -0.391 e. The number of Topliss-reactive ketones (excluding diaryl/α,β-unsaturated/α-hetero) is 1. The van der Waals surface area contributed by atoms with Gasteiger partial charge in [0.05, 0.1) is 18.8 Å². The normalized spacial score (nSPS) is 21.9. The number of amides is 4. The molecule has 4 amide bonds. The quantitative estimate of drug-likeness (QED) is 0.209. The Morgan fingerprint density at radius 2 is 1.36 bits per heavy atom. The van der Waals surface area contributed by atoms with Crippen LogP contribution in [0.4, 0.5) is 0 Å². The van der Waals surface area contributed by atoms with Crippen molar-refractivity contribution in [3.63, 3.8) is 0 Å². The summed E-state index contributed by atoms with van der Waals surface area (Å²) < 4.78 is 5.27. The van der Waals surface area contributed by atoms with E-state index in [-0.39, 0.29) is 36.1 Å². The topological polar surface area (TPSA) is 157 Å². The highest BCUT2D eigenvalue weighted by Crippen LogP contribution is 2.29. The number of nitrogens with one attached hydrogen (secondary N) is 3. The monoisotopic (exact) mass is 554 g/mol. The summed E-state index contributed by atoms with van der Waals surface area (Å²) in [5.41, 5.74) is -0.943. The van der Waals surface area contributed by atoms with Crippen LogP contribution >= 0.6 is 0 Å². The van der Waals surface area contributed by atoms with E-state index in [0.29, 0.717) is 19.3 Å². The standard InChI is InChI=1S/C28H50N4O7/c1-11-16(5)21(30-27(38)23(17(6)12-2)32(10)19(8)34)25(36)31-22(18(7)33)26(37)29-20(13-15(3)4)24(35)28(9)14-39-28/h15-18,20-23,33H,11-14H2,1-10H3,(H,29,37)(H,30,38)(H,31,36)/t16?,17-,18?,20?,21?,22-,23-,28?/m0/s1. The Hall–Kier alpha value is -2.53. The van der Waals surface area contributed by atoms with Crippen molar-refractivity contribution in [2.24, 2.45) is 17.8 Å². The first-order valence-corrected chi connectivity index (χ1v) is 14.0. The predicted molar refractivity (Wildman–Crippen MR) is 147 cm³/mol. The van der Waals surface area contributed by atoms with E-state index in [0.717, 1.165) is 0 Å². The molecule has 224 valence electrons. The van der Waals surface area contributed by atoms with Gasteiger partial charge in [-0.3, -0.25) is 24.0 Å². The molecule has 8 atom stereocenters. The molecule has 1 aliphatic heterocycles. The van der Waals surface area contributed by atoms with Crippen LogP contribution in [-0.4, -0.2) is 88.9 Å². The Labute approximate surface area is 233 Å². The maximum Gasteiger partial charge on any atom is 0.245 e. The average Bonchev–Trinajstić information content (AvgIpc) is 3.61. The van der Waals surface area contributed by atoms with Gasteiger partial charge in [-0.15, -0.1) is 0 Å². The van der Waals surface area contributed by atoms with Crippen LogP contribution in [0, 0.1) is 17.8 Å². The van der Waals surface area contributed by atoms with Crippen LogP contribution in [0.25, 0.3) is 0 Å². The molecule has 1 heterocycles. The summed E-state index contributed by atoms with van der Waals surface area (Å²) in [6.45, 7) is 16.0. The van der Waals surface area contributed by atoms with Crippen molar-refractivity contribution < 1.29 is 33.8 Å². The number of ether oxygens (including phenoxy) is 1. The molecule has 0 saturated carbocycles. The lowest BCUT2D eigenvalue weighted by Crippen LogP contribution is -2.62. The summed E-state index contributed by atoms with van der Waals surface area (Å²) in [5.74, 6) is -2.73. The Balaban J connectivity index is 3.15. The molecule has 0 aromatic heterocycles. The third kappa shape index (κ3) is 9.56. The molecule has 0 radical (unpaired) electrons. The zero-order chi connectivity index (χ0) is 30.2. The molecule has 5 unspecified atom stereocenters. The molecule has 1 rings (SSSR count). The van der Waals surface area contributed by atoms with Gasteiger partial charge in [-0.1, -0.05) is 54.4 Å². The van der Waals surface area contributed by atoms with Crippen molar-refractivity contribution in [1.82, 2.24) is 20.9 Å². The first kappa shape index (κ1) is 34.5. The summed E-state index contributed by atoms with van der Waals surface area (Å²) in [7, 11) is 1.55. The van der Waals surface area contributed by atoms with Gasteiger partial charge in [0.25, 0.3) is 0 Å². The molecule has 1 saturated heterocycles. The van der Waals surface area contributed by atoms with Gasteiger partial charge in [-0.05, 0) is 38.0 Å². The maximum atomic E-state index is 13.4. The smallest absolute Gasteiger partial charge is 0.245 e. The lowest BCUT2D eigenvalue weighted by Gasteiger charge is -2.34. The van der Waals surface area contributed by atoms with Gasteiger partial charge >= 0.3 is 0 Å². The van der Waals surface area contributed by atoms with Crippen LogP contribution in [0.3, 0.4) is 0 Å². The second-order valence-electron chi connectivity index (χ2n) is 11.6. The van der Waals surface area contributed by atoms with Crippen molar-refractivity contribution in [3.8, 4) is 0 Å². The maximum absolute atomic E-state index is 13.4. The number of aliphatic hydroxyl groups excluding tert-OH is 1. The molecule has 0 bridgehead atoms. The number of nitrogens with zero attached hydrogens (tertiary/aromatic N) is 1. The molecule has 0 aromatic rings. The molecule has 1 aliphatic rings. The fourth-order valence-corrected chi connectivity index (χ4v) is 4.41. The third-order valence-corrected chi connectivity index (χ3v) is 7.66. The number of hydrogen-bond acceptors (Lipinski definition) is 7. The zero-order valence-electron chi connectivity index (χ0n) is 25.3. The number of carbonyl (C=O) groups excluding carboxylic acids is 5. The number of carbonyl (C=O) groups is 5. The number of aliphatic hydroxyl groups is 1. The van der Waals surface area contributed by atoms with Crippen molar-refractivity contribution in [1.29, 1.82) is 0 Å². The molecule has 1 fully saturated rings. The fraction of sp³-hybridized carbons (Fsp3) is 0.821. The highest BCUT2D eigenvalue weighted by molar-refractivity contribution is 5.99. The number of hydrogen-bond donors (Lipinski definition) is 4. The lowest BCUT2D eigenvalue weighted by molar-refractivity contribution is -0.141. The summed E-state index contributed by atoms with van der Waals surface area (Å²) >= 11 is 0. The molecule has 11 nitrogen and oxygen atoms in total. The Morgan fingerprint density at radius 3 is 1.77 bits per heavy atom. The SMILES string of the molecule is CCC(C)C(NC(=O)[C@H]([C@@H](C)CC)N(C)C(C)=O)C(=O)N[C@H](C(=O)NC(CC(C)C)C(=O)C1(C)CO1)C(C)O. The number of ketones is 1. The molecule has 11 heteroatoms. The predicted octanol–water partition coefficient (Wildman–Crippen LogP) is 1.16. The van der Waals surface area contributed by atoms with Crippen LogP contribution in [0.2, 0.25) is 0 Å². The number of rotatable bonds is 16. The van der Waals surface area contributed by atoms with Gasteiger partial charge < -0.3 is 30.7 Å². The Bertz CT molecular complexity index is 887. The zero-order valence-corrected chi connectivity index (χ0v) is 25.3. The first-order valence-electron chi connectivity index (χ1n) is 14.0. The third-order valence-electron chi connectivity index (χ3n) is 7.66. The summed E-state index contributed by atoms with van der Waals surface area (Å²) in [5, 5.41) is 18.5. The average molecular weight is 555 g/mol. The van der Waals surface area contributed by atoms with Gasteiger partial charge in [-0.25, -0.2) is 0 Å². The van der Waals surface area contributed by atoms with E-state index in [2.05, 4.69) is 16.0 Å². The fourth-order valence-electron chi connectivity index (χ4n) is 4.41. The molecular weight excluding hydrogens is 504 g/mol. The van der Waals surface area contributed by atoms with Crippen LogP contribution < -0.4 is 16.0 Å². The van der Waals surface area contributed by atoms with Gasteiger partial charge in [0.1, 0.15) is 23.7 Å². The van der Waals surface area contributed by atoms with E-state index in [1.165, 1.54) is 18.7 Å². The lowest BCUT2D eigenvalue weighted by atomic mass is 9.92. The van der Waals surface area contributed by atoms with Gasteiger partial charge in [-0.2, -0.15) is 0 Å². The number of epoxide rings is 1. The summed E-state index contributed by atoms with van der Waals surface area (Å²) in [6, 6.07) is -4.00. The second kappa shape index (κ2) is 14.7. The minimum absolute atomic E-state index is 0.0952. The van der Waals surface area contributed by atoms with Crippen LogP contribution in [0.1, 0.15) is 81.6 Å². The van der Waals surface area contributed by atoms with Gasteiger partial charge in [0, 0.05) is 14.0 Å². The van der Waals surface area contributed by atoms with Crippen molar-refractivity contribution in [2.45, 2.75) is 117 Å². The van der Waals surface area contributed by atoms with E-state index < -0.39 is 53.6 Å². The molecular formula is C28H50N4O7. The summed E-state index contributed by atoms with van der Waals surface area (Å²) in [6.07, 6.45) is 0.280. The molecule has 39 heavy (non-hydrogen) atoms. The second-order valence-corrected chi connectivity index (χ2v) is 11.6. The highest BCUT2D eigenvalue weighted by Gasteiger charge is 2.50. The molecule has 0 aromatic carbocycles. The molecule has 0 aliphatic carbocycles. The largest absolute Gasteiger partial charge is 0.391 e. The van der Waals surface area contributed by atoms with E-state index in [1.54, 1.807) is 20.9 Å². The van der Waals surface area contributed by atoms with Crippen molar-refractivity contribution >= 4 is 29.4 Å². The van der Waals surface area contributed by atoms with E-state index in [1.807, 2.05) is 34.6 Å². The van der Waals surface area contributed by atoms with E-state index in [4.69, 9.17) is 4.74 Å². The van der Waals surface area contributed by atoms with Gasteiger partial charge in [0.15, 0.2) is 5.78 Å². The first-order chi connectivity index (χ1) is 18.0. The van der Waals surface area contributed by atoms with Crippen LogP contribution in [-0.2, 0) is 28.7 Å². The Morgan fingerprint density at radius 1 is 0.872 bits per heavy atom. The Kier molecular flexibility index (Phi) is 13.0. The number of likely N-dealkylation sites (N-methyl/N-ethyl adjacent to an activating group) is 1. The van der Waals surface area contributed by atoms with Gasteiger partial charge in [0.2, 0.25) is 23.6 Å². The van der Waals surface area contributed by atoms with E-state index in [9.17, 15) is 29.1 Å². The van der Waals surface area contributed by atoms with Crippen LogP contribution in [0.5, 0.6) is 0 Å². The minimum atomic E-state index is -1.36. The van der Waals surface area contributed by atoms with Crippen molar-refractivity contribution in [3.05, 3.63) is 0 Å². The summed E-state index contributed by atoms with van der Waals surface area (Å²) in [4.78, 5) is 66.4. The van der Waals surface area contributed by atoms with Crippen molar-refractivity contribution in [2.75, 3.05) is 13.7 Å². The highest BCUT2D eigenvalue weighted by atomic mass is 16.6. The molecule has 4 N–H and O–H groups in total. The van der Waals surface area contributed by atoms with Crippen LogP contribution in [0.15, 0.2) is 0 Å².